The lowest BCUT2D eigenvalue weighted by molar-refractivity contribution is -0.144. The number of nitrogens with one attached hydrogen (secondary N) is 1. The molecule has 0 unspecified atom stereocenters. The number of hydrogen-bond acceptors (Lipinski definition) is 6. The fourth-order valence-electron chi connectivity index (χ4n) is 3.40. The van der Waals surface area contributed by atoms with Gasteiger partial charge in [0.1, 0.15) is 0 Å². The van der Waals surface area contributed by atoms with E-state index in [-0.39, 0.29) is 6.79 Å². The Hall–Kier alpha value is -3.57. The monoisotopic (exact) mass is 392 g/mol. The van der Waals surface area contributed by atoms with E-state index in [1.54, 1.807) is 23.1 Å². The largest absolute Gasteiger partial charge is 0.454 e. The zero-order valence-corrected chi connectivity index (χ0v) is 15.8. The number of anilines is 1. The van der Waals surface area contributed by atoms with Crippen LogP contribution in [-0.2, 0) is 16.1 Å². The van der Waals surface area contributed by atoms with Gasteiger partial charge in [0.15, 0.2) is 11.5 Å². The second kappa shape index (κ2) is 8.20. The molecule has 2 amide bonds. The van der Waals surface area contributed by atoms with Crippen LogP contribution in [0.1, 0.15) is 11.1 Å². The highest BCUT2D eigenvalue weighted by atomic mass is 16.7. The van der Waals surface area contributed by atoms with E-state index in [1.807, 2.05) is 24.3 Å². The number of amides is 2. The van der Waals surface area contributed by atoms with Gasteiger partial charge in [-0.3, -0.25) is 14.5 Å². The van der Waals surface area contributed by atoms with Crippen molar-refractivity contribution in [2.24, 2.45) is 0 Å². The molecular weight excluding hydrogens is 372 g/mol. The maximum Gasteiger partial charge on any atom is 0.313 e. The lowest BCUT2D eigenvalue weighted by Gasteiger charge is -2.34. The van der Waals surface area contributed by atoms with Crippen molar-refractivity contribution in [3.63, 3.8) is 0 Å². The minimum atomic E-state index is -0.690. The van der Waals surface area contributed by atoms with Crippen LogP contribution in [0, 0.1) is 11.3 Å². The second-order valence-corrected chi connectivity index (χ2v) is 6.90. The van der Waals surface area contributed by atoms with E-state index >= 15 is 0 Å². The summed E-state index contributed by atoms with van der Waals surface area (Å²) in [6.07, 6.45) is 0. The predicted molar refractivity (Wildman–Crippen MR) is 104 cm³/mol. The van der Waals surface area contributed by atoms with E-state index in [2.05, 4.69) is 10.2 Å². The molecule has 0 aliphatic carbocycles. The van der Waals surface area contributed by atoms with Gasteiger partial charge in [-0.05, 0) is 35.9 Å². The fourth-order valence-corrected chi connectivity index (χ4v) is 3.40. The number of fused-ring (bicyclic) bond motifs is 1. The summed E-state index contributed by atoms with van der Waals surface area (Å²) in [5.74, 6) is 0.267. The summed E-state index contributed by atoms with van der Waals surface area (Å²) in [7, 11) is 0. The third-order valence-electron chi connectivity index (χ3n) is 4.95. The molecule has 148 valence electrons. The Labute approximate surface area is 168 Å². The zero-order chi connectivity index (χ0) is 20.2. The Bertz CT molecular complexity index is 977. The van der Waals surface area contributed by atoms with Gasteiger partial charge in [0, 0.05) is 38.4 Å². The molecule has 2 aromatic rings. The molecule has 0 aromatic heterocycles. The van der Waals surface area contributed by atoms with Crippen molar-refractivity contribution < 1.29 is 19.1 Å². The molecule has 29 heavy (non-hydrogen) atoms. The van der Waals surface area contributed by atoms with Crippen LogP contribution in [0.25, 0.3) is 0 Å². The molecule has 1 fully saturated rings. The second-order valence-electron chi connectivity index (χ2n) is 6.90. The minimum absolute atomic E-state index is 0.252. The highest BCUT2D eigenvalue weighted by Gasteiger charge is 2.26. The summed E-state index contributed by atoms with van der Waals surface area (Å²) in [5.41, 5.74) is 1.97. The number of hydrogen-bond donors (Lipinski definition) is 1. The summed E-state index contributed by atoms with van der Waals surface area (Å²) in [6.45, 7) is 3.31. The fraction of sp³-hybridized carbons (Fsp3) is 0.286. The van der Waals surface area contributed by atoms with Gasteiger partial charge in [0.25, 0.3) is 0 Å². The number of ether oxygens (including phenoxy) is 2. The third kappa shape index (κ3) is 4.31. The van der Waals surface area contributed by atoms with Crippen molar-refractivity contribution in [2.45, 2.75) is 6.54 Å². The molecule has 2 heterocycles. The number of carbonyl (C=O) groups excluding carboxylic acids is 2. The van der Waals surface area contributed by atoms with Crippen LogP contribution in [0.2, 0.25) is 0 Å². The summed E-state index contributed by atoms with van der Waals surface area (Å²) in [5, 5.41) is 11.5. The molecular formula is C21H20N4O4. The minimum Gasteiger partial charge on any atom is -0.454 e. The molecule has 8 heteroatoms. The number of benzene rings is 2. The average molecular weight is 392 g/mol. The van der Waals surface area contributed by atoms with Crippen LogP contribution in [0.3, 0.4) is 0 Å². The van der Waals surface area contributed by atoms with Crippen LogP contribution < -0.4 is 14.8 Å². The van der Waals surface area contributed by atoms with Gasteiger partial charge in [-0.2, -0.15) is 5.26 Å². The molecule has 2 aromatic carbocycles. The Balaban J connectivity index is 1.29. The number of carbonyl (C=O) groups is 2. The Morgan fingerprint density at radius 3 is 2.62 bits per heavy atom. The standard InChI is InChI=1S/C21H20N4O4/c22-12-15-2-1-3-17(10-15)23-20(26)21(27)25-8-6-24(7-9-25)13-16-4-5-18-19(11-16)29-14-28-18/h1-5,10-11H,6-9,13-14H2,(H,23,26). The number of nitrogens with zero attached hydrogens (tertiary/aromatic N) is 3. The van der Waals surface area contributed by atoms with Gasteiger partial charge in [-0.15, -0.1) is 0 Å². The normalized spacial score (nSPS) is 15.6. The first-order valence-electron chi connectivity index (χ1n) is 9.34. The van der Waals surface area contributed by atoms with Crippen LogP contribution in [0.5, 0.6) is 11.5 Å². The van der Waals surface area contributed by atoms with Crippen molar-refractivity contribution in [2.75, 3.05) is 38.3 Å². The van der Waals surface area contributed by atoms with E-state index in [0.717, 1.165) is 23.6 Å². The Morgan fingerprint density at radius 1 is 1.03 bits per heavy atom. The lowest BCUT2D eigenvalue weighted by Crippen LogP contribution is -2.51. The smallest absolute Gasteiger partial charge is 0.313 e. The molecule has 4 rings (SSSR count). The molecule has 1 saturated heterocycles. The zero-order valence-electron chi connectivity index (χ0n) is 15.8. The van der Waals surface area contributed by atoms with E-state index in [0.29, 0.717) is 37.4 Å². The van der Waals surface area contributed by atoms with Gasteiger partial charge < -0.3 is 19.7 Å². The van der Waals surface area contributed by atoms with Crippen molar-refractivity contribution in [1.29, 1.82) is 5.26 Å². The maximum absolute atomic E-state index is 12.4. The van der Waals surface area contributed by atoms with E-state index in [9.17, 15) is 9.59 Å². The van der Waals surface area contributed by atoms with Gasteiger partial charge in [-0.25, -0.2) is 0 Å². The molecule has 0 atom stereocenters. The molecule has 2 aliphatic heterocycles. The highest BCUT2D eigenvalue weighted by molar-refractivity contribution is 6.39. The average Bonchev–Trinajstić information content (AvgIpc) is 3.22. The summed E-state index contributed by atoms with van der Waals surface area (Å²) in [6, 6.07) is 14.4. The summed E-state index contributed by atoms with van der Waals surface area (Å²) in [4.78, 5) is 28.5. The van der Waals surface area contributed by atoms with Crippen molar-refractivity contribution in [3.8, 4) is 17.6 Å². The lowest BCUT2D eigenvalue weighted by atomic mass is 10.1. The van der Waals surface area contributed by atoms with Crippen LogP contribution in [0.15, 0.2) is 42.5 Å². The van der Waals surface area contributed by atoms with Gasteiger partial charge in [0.05, 0.1) is 11.6 Å². The molecule has 0 bridgehead atoms. The highest BCUT2D eigenvalue weighted by Crippen LogP contribution is 2.32. The maximum atomic E-state index is 12.4. The number of piperazine rings is 1. The quantitative estimate of drug-likeness (QED) is 0.797. The van der Waals surface area contributed by atoms with E-state index in [1.165, 1.54) is 6.07 Å². The first-order chi connectivity index (χ1) is 14.1. The van der Waals surface area contributed by atoms with Gasteiger partial charge in [-0.1, -0.05) is 12.1 Å². The topological polar surface area (TPSA) is 94.9 Å². The first-order valence-corrected chi connectivity index (χ1v) is 9.34. The van der Waals surface area contributed by atoms with Crippen LogP contribution >= 0.6 is 0 Å². The van der Waals surface area contributed by atoms with E-state index in [4.69, 9.17) is 14.7 Å². The molecule has 0 spiro atoms. The number of nitriles is 1. The van der Waals surface area contributed by atoms with Gasteiger partial charge in [0.2, 0.25) is 6.79 Å². The van der Waals surface area contributed by atoms with Crippen molar-refractivity contribution in [3.05, 3.63) is 53.6 Å². The summed E-state index contributed by atoms with van der Waals surface area (Å²) >= 11 is 0. The number of rotatable bonds is 3. The van der Waals surface area contributed by atoms with Crippen LogP contribution in [-0.4, -0.2) is 54.6 Å². The Kier molecular flexibility index (Phi) is 5.31. The first kappa shape index (κ1) is 18.8. The predicted octanol–water partition coefficient (Wildman–Crippen LogP) is 1.57. The summed E-state index contributed by atoms with van der Waals surface area (Å²) < 4.78 is 10.7. The molecule has 0 saturated carbocycles. The van der Waals surface area contributed by atoms with Crippen molar-refractivity contribution in [1.82, 2.24) is 9.80 Å². The van der Waals surface area contributed by atoms with Gasteiger partial charge >= 0.3 is 11.8 Å². The van der Waals surface area contributed by atoms with Crippen molar-refractivity contribution >= 4 is 17.5 Å². The Morgan fingerprint density at radius 2 is 1.83 bits per heavy atom. The molecule has 8 nitrogen and oxygen atoms in total. The molecule has 0 radical (unpaired) electrons. The molecule has 1 N–H and O–H groups in total. The molecule has 2 aliphatic rings. The third-order valence-corrected chi connectivity index (χ3v) is 4.95. The SMILES string of the molecule is N#Cc1cccc(NC(=O)C(=O)N2CCN(Cc3ccc4c(c3)OCO4)CC2)c1. The van der Waals surface area contributed by atoms with E-state index < -0.39 is 11.8 Å². The van der Waals surface area contributed by atoms with Crippen LogP contribution in [0.4, 0.5) is 5.69 Å².